The summed E-state index contributed by atoms with van der Waals surface area (Å²) in [6, 6.07) is 13.9. The lowest BCUT2D eigenvalue weighted by molar-refractivity contribution is 0.0940. The van der Waals surface area contributed by atoms with Crippen LogP contribution in [0, 0.1) is 13.8 Å². The van der Waals surface area contributed by atoms with Gasteiger partial charge in [-0.15, -0.1) is 0 Å². The van der Waals surface area contributed by atoms with E-state index in [1.165, 1.54) is 5.56 Å². The van der Waals surface area contributed by atoms with Crippen LogP contribution >= 0.6 is 0 Å². The van der Waals surface area contributed by atoms with Gasteiger partial charge < -0.3 is 10.6 Å². The van der Waals surface area contributed by atoms with E-state index < -0.39 is 0 Å². The first kappa shape index (κ1) is 15.1. The van der Waals surface area contributed by atoms with E-state index in [1.807, 2.05) is 51.2 Å². The molecular weight excluding hydrogens is 260 g/mol. The third-order valence-electron chi connectivity index (χ3n) is 3.69. The largest absolute Gasteiger partial charge is 0.387 e. The van der Waals surface area contributed by atoms with Gasteiger partial charge in [0.1, 0.15) is 0 Å². The molecule has 21 heavy (non-hydrogen) atoms. The molecule has 3 nitrogen and oxygen atoms in total. The van der Waals surface area contributed by atoms with Crippen LogP contribution in [-0.4, -0.2) is 13.0 Å². The van der Waals surface area contributed by atoms with Crippen molar-refractivity contribution in [3.63, 3.8) is 0 Å². The van der Waals surface area contributed by atoms with Crippen LogP contribution in [0.25, 0.3) is 0 Å². The Bertz CT molecular complexity index is 649. The Morgan fingerprint density at radius 2 is 1.81 bits per heavy atom. The molecule has 0 aliphatic carbocycles. The molecule has 1 unspecified atom stereocenters. The molecule has 0 fully saturated rings. The van der Waals surface area contributed by atoms with E-state index in [0.29, 0.717) is 5.56 Å². The van der Waals surface area contributed by atoms with Gasteiger partial charge in [0.25, 0.3) is 5.91 Å². The molecule has 110 valence electrons. The zero-order valence-electron chi connectivity index (χ0n) is 13.0. The molecule has 0 saturated heterocycles. The van der Waals surface area contributed by atoms with E-state index in [0.717, 1.165) is 16.8 Å². The van der Waals surface area contributed by atoms with Gasteiger partial charge in [-0.25, -0.2) is 0 Å². The molecule has 2 rings (SSSR count). The van der Waals surface area contributed by atoms with Crippen molar-refractivity contribution in [1.29, 1.82) is 0 Å². The lowest BCUT2D eigenvalue weighted by Crippen LogP contribution is -2.27. The molecule has 1 amide bonds. The van der Waals surface area contributed by atoms with Crippen molar-refractivity contribution >= 4 is 11.6 Å². The van der Waals surface area contributed by atoms with Crippen LogP contribution in [0.15, 0.2) is 42.5 Å². The number of carbonyl (C=O) groups is 1. The lowest BCUT2D eigenvalue weighted by atomic mass is 10.0. The number of hydrogen-bond acceptors (Lipinski definition) is 2. The summed E-state index contributed by atoms with van der Waals surface area (Å²) < 4.78 is 0. The summed E-state index contributed by atoms with van der Waals surface area (Å²) in [5, 5.41) is 6.15. The van der Waals surface area contributed by atoms with Gasteiger partial charge in [-0.1, -0.05) is 30.3 Å². The summed E-state index contributed by atoms with van der Waals surface area (Å²) in [5.41, 5.74) is 4.97. The second kappa shape index (κ2) is 6.44. The minimum absolute atomic E-state index is 0.0234. The van der Waals surface area contributed by atoms with Crippen molar-refractivity contribution in [3.05, 3.63) is 64.7 Å². The zero-order valence-corrected chi connectivity index (χ0v) is 13.0. The van der Waals surface area contributed by atoms with E-state index in [4.69, 9.17) is 0 Å². The third-order valence-corrected chi connectivity index (χ3v) is 3.69. The molecule has 1 atom stereocenters. The van der Waals surface area contributed by atoms with Gasteiger partial charge in [0.05, 0.1) is 11.6 Å². The summed E-state index contributed by atoms with van der Waals surface area (Å²) in [4.78, 5) is 12.5. The van der Waals surface area contributed by atoms with Crippen LogP contribution in [-0.2, 0) is 0 Å². The Morgan fingerprint density at radius 3 is 2.48 bits per heavy atom. The topological polar surface area (TPSA) is 41.1 Å². The molecule has 2 aromatic carbocycles. The van der Waals surface area contributed by atoms with E-state index in [2.05, 4.69) is 29.7 Å². The molecule has 3 heteroatoms. The summed E-state index contributed by atoms with van der Waals surface area (Å²) in [7, 11) is 1.83. The maximum atomic E-state index is 12.5. The van der Waals surface area contributed by atoms with Gasteiger partial charge in [-0.3, -0.25) is 4.79 Å². The summed E-state index contributed by atoms with van der Waals surface area (Å²) in [6.45, 7) is 6.08. The molecule has 0 radical (unpaired) electrons. The molecule has 2 aromatic rings. The van der Waals surface area contributed by atoms with Gasteiger partial charge in [-0.2, -0.15) is 0 Å². The molecule has 0 heterocycles. The van der Waals surface area contributed by atoms with Crippen LogP contribution < -0.4 is 10.6 Å². The molecular formula is C18H22N2O. The number of hydrogen-bond donors (Lipinski definition) is 2. The SMILES string of the molecule is CNc1cc(C)ccc1C(=O)NC(C)c1ccccc1C. The first-order chi connectivity index (χ1) is 10.0. The number of rotatable bonds is 4. The lowest BCUT2D eigenvalue weighted by Gasteiger charge is -2.18. The Kier molecular flexibility index (Phi) is 4.63. The van der Waals surface area contributed by atoms with E-state index in [1.54, 1.807) is 0 Å². The molecule has 0 bridgehead atoms. The fraction of sp³-hybridized carbons (Fsp3) is 0.278. The molecule has 0 aromatic heterocycles. The van der Waals surface area contributed by atoms with Gasteiger partial charge in [-0.05, 0) is 49.6 Å². The van der Waals surface area contributed by atoms with Crippen molar-refractivity contribution in [2.75, 3.05) is 12.4 Å². The van der Waals surface area contributed by atoms with Crippen molar-refractivity contribution in [2.45, 2.75) is 26.8 Å². The van der Waals surface area contributed by atoms with Crippen molar-refractivity contribution in [3.8, 4) is 0 Å². The number of aryl methyl sites for hydroxylation is 2. The van der Waals surface area contributed by atoms with Gasteiger partial charge >= 0.3 is 0 Å². The Labute approximate surface area is 126 Å². The number of amides is 1. The quantitative estimate of drug-likeness (QED) is 0.894. The van der Waals surface area contributed by atoms with Gasteiger partial charge in [0, 0.05) is 12.7 Å². The molecule has 0 spiro atoms. The van der Waals surface area contributed by atoms with E-state index in [9.17, 15) is 4.79 Å². The summed E-state index contributed by atoms with van der Waals surface area (Å²) in [5.74, 6) is -0.0601. The second-order valence-electron chi connectivity index (χ2n) is 5.35. The molecule has 0 saturated carbocycles. The smallest absolute Gasteiger partial charge is 0.253 e. The summed E-state index contributed by atoms with van der Waals surface area (Å²) >= 11 is 0. The monoisotopic (exact) mass is 282 g/mol. The molecule has 0 aliphatic rings. The Hall–Kier alpha value is -2.29. The van der Waals surface area contributed by atoms with Crippen LogP contribution in [0.3, 0.4) is 0 Å². The summed E-state index contributed by atoms with van der Waals surface area (Å²) in [6.07, 6.45) is 0. The minimum Gasteiger partial charge on any atom is -0.387 e. The molecule has 2 N–H and O–H groups in total. The highest BCUT2D eigenvalue weighted by atomic mass is 16.1. The molecule has 0 aliphatic heterocycles. The third kappa shape index (κ3) is 3.43. The number of nitrogens with one attached hydrogen (secondary N) is 2. The Balaban J connectivity index is 2.20. The first-order valence-corrected chi connectivity index (χ1v) is 7.17. The van der Waals surface area contributed by atoms with Crippen LogP contribution in [0.5, 0.6) is 0 Å². The average molecular weight is 282 g/mol. The minimum atomic E-state index is -0.0601. The van der Waals surface area contributed by atoms with Gasteiger partial charge in [0.15, 0.2) is 0 Å². The Morgan fingerprint density at radius 1 is 1.10 bits per heavy atom. The number of benzene rings is 2. The highest BCUT2D eigenvalue weighted by Crippen LogP contribution is 2.20. The maximum Gasteiger partial charge on any atom is 0.253 e. The van der Waals surface area contributed by atoms with Crippen LogP contribution in [0.1, 0.15) is 40.0 Å². The normalized spacial score (nSPS) is 11.8. The first-order valence-electron chi connectivity index (χ1n) is 7.17. The maximum absolute atomic E-state index is 12.5. The van der Waals surface area contributed by atoms with Crippen molar-refractivity contribution in [2.24, 2.45) is 0 Å². The number of carbonyl (C=O) groups excluding carboxylic acids is 1. The fourth-order valence-corrected chi connectivity index (χ4v) is 2.49. The fourth-order valence-electron chi connectivity index (χ4n) is 2.49. The predicted molar refractivity (Wildman–Crippen MR) is 87.8 cm³/mol. The zero-order chi connectivity index (χ0) is 15.4. The highest BCUT2D eigenvalue weighted by molar-refractivity contribution is 5.99. The van der Waals surface area contributed by atoms with Crippen molar-refractivity contribution < 1.29 is 4.79 Å². The standard InChI is InChI=1S/C18H22N2O/c1-12-9-10-16(17(11-12)19-4)18(21)20-14(3)15-8-6-5-7-13(15)2/h5-11,14,19H,1-4H3,(H,20,21). The van der Waals surface area contributed by atoms with Crippen molar-refractivity contribution in [1.82, 2.24) is 5.32 Å². The highest BCUT2D eigenvalue weighted by Gasteiger charge is 2.15. The van der Waals surface area contributed by atoms with Crippen LogP contribution in [0.4, 0.5) is 5.69 Å². The van der Waals surface area contributed by atoms with Gasteiger partial charge in [0.2, 0.25) is 0 Å². The number of anilines is 1. The second-order valence-corrected chi connectivity index (χ2v) is 5.35. The van der Waals surface area contributed by atoms with E-state index in [-0.39, 0.29) is 11.9 Å². The van der Waals surface area contributed by atoms with Crippen LogP contribution in [0.2, 0.25) is 0 Å². The van der Waals surface area contributed by atoms with E-state index >= 15 is 0 Å². The predicted octanol–water partition coefficient (Wildman–Crippen LogP) is 3.84. The average Bonchev–Trinajstić information content (AvgIpc) is 2.47.